The summed E-state index contributed by atoms with van der Waals surface area (Å²) < 4.78 is 1.83. The molecule has 0 unspecified atom stereocenters. The van der Waals surface area contributed by atoms with Crippen molar-refractivity contribution in [2.24, 2.45) is 0 Å². The molecule has 166 valence electrons. The van der Waals surface area contributed by atoms with E-state index in [2.05, 4.69) is 27.0 Å². The molecule has 3 heterocycles. The van der Waals surface area contributed by atoms with Gasteiger partial charge in [-0.3, -0.25) is 9.48 Å². The summed E-state index contributed by atoms with van der Waals surface area (Å²) in [5, 5.41) is 5.43. The van der Waals surface area contributed by atoms with Gasteiger partial charge in [-0.2, -0.15) is 5.10 Å². The van der Waals surface area contributed by atoms with E-state index in [-0.39, 0.29) is 5.91 Å². The Morgan fingerprint density at radius 2 is 1.58 bits per heavy atom. The van der Waals surface area contributed by atoms with Gasteiger partial charge in [0.15, 0.2) is 0 Å². The Kier molecular flexibility index (Phi) is 6.04. The van der Waals surface area contributed by atoms with Crippen molar-refractivity contribution in [2.45, 2.75) is 6.54 Å². The molecule has 0 saturated carbocycles. The number of halogens is 1. The van der Waals surface area contributed by atoms with E-state index < -0.39 is 0 Å². The molecule has 0 atom stereocenters. The maximum Gasteiger partial charge on any atom is 0.257 e. The predicted octanol–water partition coefficient (Wildman–Crippen LogP) is 4.00. The van der Waals surface area contributed by atoms with Crippen LogP contribution in [0.3, 0.4) is 0 Å². The van der Waals surface area contributed by atoms with Crippen molar-refractivity contribution in [3.05, 3.63) is 95.4 Å². The van der Waals surface area contributed by atoms with Crippen molar-refractivity contribution in [1.82, 2.24) is 24.6 Å². The van der Waals surface area contributed by atoms with Gasteiger partial charge in [-0.15, -0.1) is 0 Å². The van der Waals surface area contributed by atoms with Gasteiger partial charge >= 0.3 is 0 Å². The third-order valence-electron chi connectivity index (χ3n) is 5.70. The monoisotopic (exact) mass is 458 g/mol. The summed E-state index contributed by atoms with van der Waals surface area (Å²) in [6.07, 6.45) is 5.32. The van der Waals surface area contributed by atoms with Crippen molar-refractivity contribution < 1.29 is 4.79 Å². The SMILES string of the molecule is O=C(c1cn(Cc2ccccc2)nc1-c1ccc(Cl)cc1)N1CCN(c2ncccn2)CC1. The molecule has 0 spiro atoms. The van der Waals surface area contributed by atoms with Crippen molar-refractivity contribution in [3.8, 4) is 11.3 Å². The predicted molar refractivity (Wildman–Crippen MR) is 128 cm³/mol. The number of anilines is 1. The number of piperazine rings is 1. The van der Waals surface area contributed by atoms with Gasteiger partial charge in [0.2, 0.25) is 5.95 Å². The number of hydrogen-bond donors (Lipinski definition) is 0. The summed E-state index contributed by atoms with van der Waals surface area (Å²) in [6.45, 7) is 3.16. The van der Waals surface area contributed by atoms with Crippen LogP contribution in [0.5, 0.6) is 0 Å². The first-order valence-corrected chi connectivity index (χ1v) is 11.2. The molecule has 8 heteroatoms. The maximum absolute atomic E-state index is 13.6. The van der Waals surface area contributed by atoms with Crippen molar-refractivity contribution >= 4 is 23.5 Å². The van der Waals surface area contributed by atoms with Crippen LogP contribution in [0, 0.1) is 0 Å². The average molecular weight is 459 g/mol. The fourth-order valence-electron chi connectivity index (χ4n) is 3.98. The van der Waals surface area contributed by atoms with Crippen LogP contribution < -0.4 is 4.90 Å². The number of carbonyl (C=O) groups excluding carboxylic acids is 1. The van der Waals surface area contributed by atoms with Gasteiger partial charge in [0.1, 0.15) is 5.69 Å². The molecule has 0 N–H and O–H groups in total. The highest BCUT2D eigenvalue weighted by atomic mass is 35.5. The summed E-state index contributed by atoms with van der Waals surface area (Å²) in [5.41, 5.74) is 3.25. The molecule has 33 heavy (non-hydrogen) atoms. The number of carbonyl (C=O) groups is 1. The topological polar surface area (TPSA) is 67.2 Å². The lowest BCUT2D eigenvalue weighted by molar-refractivity contribution is 0.0747. The Labute approximate surface area is 197 Å². The molecule has 0 radical (unpaired) electrons. The van der Waals surface area contributed by atoms with Crippen LogP contribution >= 0.6 is 11.6 Å². The summed E-state index contributed by atoms with van der Waals surface area (Å²) in [4.78, 5) is 26.2. The van der Waals surface area contributed by atoms with Gasteiger partial charge in [-0.05, 0) is 23.8 Å². The fourth-order valence-corrected chi connectivity index (χ4v) is 4.11. The second-order valence-electron chi connectivity index (χ2n) is 7.91. The van der Waals surface area contributed by atoms with Gasteiger partial charge in [0.05, 0.1) is 12.1 Å². The van der Waals surface area contributed by atoms with Gasteiger partial charge in [0.25, 0.3) is 5.91 Å². The Morgan fingerprint density at radius 3 is 2.27 bits per heavy atom. The van der Waals surface area contributed by atoms with E-state index in [0.717, 1.165) is 11.1 Å². The molecule has 1 amide bonds. The highest BCUT2D eigenvalue weighted by molar-refractivity contribution is 6.30. The van der Waals surface area contributed by atoms with Gasteiger partial charge < -0.3 is 9.80 Å². The normalized spacial score (nSPS) is 13.8. The van der Waals surface area contributed by atoms with Crippen molar-refractivity contribution in [2.75, 3.05) is 31.1 Å². The second kappa shape index (κ2) is 9.42. The smallest absolute Gasteiger partial charge is 0.257 e. The van der Waals surface area contributed by atoms with E-state index in [1.165, 1.54) is 0 Å². The Hall–Kier alpha value is -3.71. The number of benzene rings is 2. The molecule has 4 aromatic rings. The molecule has 0 aliphatic carbocycles. The molecular weight excluding hydrogens is 436 g/mol. The molecule has 7 nitrogen and oxygen atoms in total. The summed E-state index contributed by atoms with van der Waals surface area (Å²) in [5.74, 6) is 0.676. The lowest BCUT2D eigenvalue weighted by Crippen LogP contribution is -2.49. The maximum atomic E-state index is 13.6. The number of rotatable bonds is 5. The molecule has 2 aromatic carbocycles. The average Bonchev–Trinajstić information content (AvgIpc) is 3.29. The number of hydrogen-bond acceptors (Lipinski definition) is 5. The van der Waals surface area contributed by atoms with Gasteiger partial charge in [-0.1, -0.05) is 54.1 Å². The van der Waals surface area contributed by atoms with Crippen LogP contribution in [-0.2, 0) is 6.54 Å². The van der Waals surface area contributed by atoms with E-state index in [1.54, 1.807) is 18.5 Å². The van der Waals surface area contributed by atoms with E-state index >= 15 is 0 Å². The molecule has 0 bridgehead atoms. The molecular formula is C25H23ClN6O. The number of aromatic nitrogens is 4. The second-order valence-corrected chi connectivity index (χ2v) is 8.35. The van der Waals surface area contributed by atoms with Crippen LogP contribution in [0.2, 0.25) is 5.02 Å². The lowest BCUT2D eigenvalue weighted by atomic mass is 10.1. The quantitative estimate of drug-likeness (QED) is 0.452. The summed E-state index contributed by atoms with van der Waals surface area (Å²) in [6, 6.07) is 19.3. The zero-order chi connectivity index (χ0) is 22.6. The van der Waals surface area contributed by atoms with Crippen LogP contribution in [0.1, 0.15) is 15.9 Å². The van der Waals surface area contributed by atoms with Gasteiger partial charge in [-0.25, -0.2) is 9.97 Å². The van der Waals surface area contributed by atoms with Crippen LogP contribution in [-0.4, -0.2) is 56.7 Å². The number of amides is 1. The van der Waals surface area contributed by atoms with E-state index in [0.29, 0.717) is 55.0 Å². The zero-order valence-corrected chi connectivity index (χ0v) is 18.8. The first kappa shape index (κ1) is 21.2. The highest BCUT2D eigenvalue weighted by Crippen LogP contribution is 2.26. The largest absolute Gasteiger partial charge is 0.337 e. The van der Waals surface area contributed by atoms with Crippen LogP contribution in [0.4, 0.5) is 5.95 Å². The third kappa shape index (κ3) is 4.73. The summed E-state index contributed by atoms with van der Waals surface area (Å²) in [7, 11) is 0. The molecule has 2 aromatic heterocycles. The lowest BCUT2D eigenvalue weighted by Gasteiger charge is -2.34. The minimum atomic E-state index is -0.0205. The molecule has 1 aliphatic rings. The Morgan fingerprint density at radius 1 is 0.879 bits per heavy atom. The fraction of sp³-hybridized carbons (Fsp3) is 0.200. The Bertz CT molecular complexity index is 1220. The van der Waals surface area contributed by atoms with Crippen LogP contribution in [0.15, 0.2) is 79.3 Å². The standard InChI is InChI=1S/C25H23ClN6O/c26-21-9-7-20(8-10-21)23-22(18-32(29-23)17-19-5-2-1-3-6-19)24(33)30-13-15-31(16-14-30)25-27-11-4-12-28-25/h1-12,18H,13-17H2. The third-order valence-corrected chi connectivity index (χ3v) is 5.95. The van der Waals surface area contributed by atoms with Crippen molar-refractivity contribution in [3.63, 3.8) is 0 Å². The zero-order valence-electron chi connectivity index (χ0n) is 18.0. The first-order valence-electron chi connectivity index (χ1n) is 10.9. The minimum Gasteiger partial charge on any atom is -0.337 e. The summed E-state index contributed by atoms with van der Waals surface area (Å²) >= 11 is 6.08. The molecule has 1 fully saturated rings. The molecule has 1 aliphatic heterocycles. The number of nitrogens with zero attached hydrogens (tertiary/aromatic N) is 6. The molecule has 5 rings (SSSR count). The first-order chi connectivity index (χ1) is 16.2. The van der Waals surface area contributed by atoms with Crippen molar-refractivity contribution in [1.29, 1.82) is 0 Å². The van der Waals surface area contributed by atoms with E-state index in [1.807, 2.05) is 58.2 Å². The molecule has 1 saturated heterocycles. The van der Waals surface area contributed by atoms with E-state index in [4.69, 9.17) is 16.7 Å². The Balaban J connectivity index is 1.40. The highest BCUT2D eigenvalue weighted by Gasteiger charge is 2.27. The minimum absolute atomic E-state index is 0.0205. The van der Waals surface area contributed by atoms with Gasteiger partial charge in [0, 0.05) is 55.4 Å². The van der Waals surface area contributed by atoms with Crippen LogP contribution in [0.25, 0.3) is 11.3 Å². The van der Waals surface area contributed by atoms with E-state index in [9.17, 15) is 4.79 Å².